The van der Waals surface area contributed by atoms with Crippen LogP contribution in [-0.2, 0) is 6.18 Å². The van der Waals surface area contributed by atoms with Gasteiger partial charge in [-0.25, -0.2) is 9.67 Å². The average Bonchev–Trinajstić information content (AvgIpc) is 3.37. The van der Waals surface area contributed by atoms with Crippen LogP contribution in [0.1, 0.15) is 40.6 Å². The molecule has 1 aliphatic carbocycles. The summed E-state index contributed by atoms with van der Waals surface area (Å²) < 4.78 is 46.9. The normalized spacial score (nSPS) is 13.6. The molecule has 34 heavy (non-hydrogen) atoms. The van der Waals surface area contributed by atoms with Crippen molar-refractivity contribution in [2.24, 2.45) is 0 Å². The van der Waals surface area contributed by atoms with Gasteiger partial charge < -0.3 is 10.1 Å². The molecule has 5 rings (SSSR count). The quantitative estimate of drug-likeness (QED) is 0.441. The van der Waals surface area contributed by atoms with Crippen molar-refractivity contribution in [3.05, 3.63) is 59.7 Å². The van der Waals surface area contributed by atoms with E-state index in [1.54, 1.807) is 24.3 Å². The highest BCUT2D eigenvalue weighted by molar-refractivity contribution is 6.05. The Labute approximate surface area is 190 Å². The van der Waals surface area contributed by atoms with E-state index < -0.39 is 23.3 Å². The van der Waals surface area contributed by atoms with Gasteiger partial charge in [-0.3, -0.25) is 9.89 Å². The van der Waals surface area contributed by atoms with Crippen molar-refractivity contribution in [1.82, 2.24) is 35.2 Å². The van der Waals surface area contributed by atoms with Gasteiger partial charge in [-0.2, -0.15) is 23.4 Å². The van der Waals surface area contributed by atoms with Crippen molar-refractivity contribution in [2.45, 2.75) is 24.9 Å². The molecule has 4 aromatic rings. The molecular weight excluding hydrogens is 453 g/mol. The number of H-pyrrole nitrogens is 1. The molecule has 0 radical (unpaired) electrons. The number of rotatable bonds is 6. The van der Waals surface area contributed by atoms with E-state index in [9.17, 15) is 18.0 Å². The molecule has 1 aromatic carbocycles. The van der Waals surface area contributed by atoms with Crippen LogP contribution < -0.4 is 10.1 Å². The summed E-state index contributed by atoms with van der Waals surface area (Å²) in [6, 6.07) is 9.08. The Bertz CT molecular complexity index is 1330. The fourth-order valence-corrected chi connectivity index (χ4v) is 3.34. The molecule has 174 valence electrons. The monoisotopic (exact) mass is 470 g/mol. The van der Waals surface area contributed by atoms with Crippen LogP contribution in [0.15, 0.2) is 42.6 Å². The van der Waals surface area contributed by atoms with Crippen molar-refractivity contribution < 1.29 is 22.7 Å². The molecule has 0 atom stereocenters. The standard InChI is InChI=1S/C21H17F3N8O2/c1-34-16-9-8-15(28-29-16)32-17(21(22,23)24)14(10-25-32)20(33)26-13-6-4-12(5-7-13)19-27-18(30-31-19)11-2-3-11/h4-11H,2-3H2,1H3,(H,26,33)(H,27,30,31). The van der Waals surface area contributed by atoms with E-state index in [-0.39, 0.29) is 11.7 Å². The lowest BCUT2D eigenvalue weighted by atomic mass is 10.1. The van der Waals surface area contributed by atoms with Crippen LogP contribution in [0.2, 0.25) is 0 Å². The first-order chi connectivity index (χ1) is 16.3. The minimum atomic E-state index is -4.88. The molecule has 13 heteroatoms. The summed E-state index contributed by atoms with van der Waals surface area (Å²) in [6.45, 7) is 0. The molecule has 0 saturated heterocycles. The van der Waals surface area contributed by atoms with Gasteiger partial charge in [-0.05, 0) is 43.2 Å². The molecule has 1 fully saturated rings. The van der Waals surface area contributed by atoms with Crippen molar-refractivity contribution in [1.29, 1.82) is 0 Å². The molecular formula is C21H17F3N8O2. The van der Waals surface area contributed by atoms with Gasteiger partial charge in [0.25, 0.3) is 5.91 Å². The Kier molecular flexibility index (Phi) is 5.23. The Hall–Kier alpha value is -4.29. The first-order valence-electron chi connectivity index (χ1n) is 10.2. The van der Waals surface area contributed by atoms with Crippen LogP contribution in [0.5, 0.6) is 5.88 Å². The molecule has 0 aliphatic heterocycles. The van der Waals surface area contributed by atoms with Crippen LogP contribution in [-0.4, -0.2) is 48.2 Å². The van der Waals surface area contributed by atoms with E-state index in [1.165, 1.54) is 19.2 Å². The van der Waals surface area contributed by atoms with E-state index in [0.29, 0.717) is 27.7 Å². The van der Waals surface area contributed by atoms with E-state index >= 15 is 0 Å². The molecule has 2 N–H and O–H groups in total. The average molecular weight is 470 g/mol. The first kappa shape index (κ1) is 21.6. The Morgan fingerprint density at radius 1 is 1.15 bits per heavy atom. The summed E-state index contributed by atoms with van der Waals surface area (Å²) in [7, 11) is 1.35. The maximum atomic E-state index is 13.8. The number of hydrogen-bond donors (Lipinski definition) is 2. The maximum absolute atomic E-state index is 13.8. The third-order valence-electron chi connectivity index (χ3n) is 5.20. The number of hydrogen-bond acceptors (Lipinski definition) is 7. The zero-order chi connectivity index (χ0) is 23.9. The van der Waals surface area contributed by atoms with Crippen molar-refractivity contribution in [2.75, 3.05) is 12.4 Å². The minimum absolute atomic E-state index is 0.125. The number of carbonyl (C=O) groups is 1. The number of amides is 1. The second kappa shape index (κ2) is 8.24. The number of carbonyl (C=O) groups excluding carboxylic acids is 1. The maximum Gasteiger partial charge on any atom is 0.434 e. The van der Waals surface area contributed by atoms with Crippen LogP contribution in [0.4, 0.5) is 18.9 Å². The van der Waals surface area contributed by atoms with Crippen LogP contribution in [0, 0.1) is 0 Å². The lowest BCUT2D eigenvalue weighted by molar-refractivity contribution is -0.143. The Morgan fingerprint density at radius 2 is 1.91 bits per heavy atom. The molecule has 0 unspecified atom stereocenters. The number of alkyl halides is 3. The summed E-state index contributed by atoms with van der Waals surface area (Å²) in [5, 5.41) is 20.6. The molecule has 3 heterocycles. The van der Waals surface area contributed by atoms with Gasteiger partial charge in [-0.15, -0.1) is 10.2 Å². The number of halogens is 3. The van der Waals surface area contributed by atoms with Gasteiger partial charge in [0.2, 0.25) is 5.88 Å². The van der Waals surface area contributed by atoms with Gasteiger partial charge in [0, 0.05) is 23.2 Å². The third kappa shape index (κ3) is 4.19. The van der Waals surface area contributed by atoms with Gasteiger partial charge in [0.05, 0.1) is 18.9 Å². The second-order valence-corrected chi connectivity index (χ2v) is 7.60. The first-order valence-corrected chi connectivity index (χ1v) is 10.2. The zero-order valence-electron chi connectivity index (χ0n) is 17.7. The molecule has 0 bridgehead atoms. The summed E-state index contributed by atoms with van der Waals surface area (Å²) in [5.74, 6) is 0.717. The summed E-state index contributed by atoms with van der Waals surface area (Å²) >= 11 is 0. The van der Waals surface area contributed by atoms with Gasteiger partial charge in [0.15, 0.2) is 17.3 Å². The van der Waals surface area contributed by atoms with Crippen molar-refractivity contribution in [3.8, 4) is 23.1 Å². The lowest BCUT2D eigenvalue weighted by Crippen LogP contribution is -2.21. The number of nitrogens with one attached hydrogen (secondary N) is 2. The van der Waals surface area contributed by atoms with Crippen LogP contribution in [0.25, 0.3) is 17.2 Å². The SMILES string of the molecule is COc1ccc(-n2ncc(C(=O)Nc3ccc(-c4n[nH]c(C5CC5)n4)cc3)c2C(F)(F)F)nn1. The summed E-state index contributed by atoms with van der Waals surface area (Å²) in [5.41, 5.74) is -0.911. The fourth-order valence-electron chi connectivity index (χ4n) is 3.34. The second-order valence-electron chi connectivity index (χ2n) is 7.60. The van der Waals surface area contributed by atoms with E-state index in [2.05, 4.69) is 35.8 Å². The number of benzene rings is 1. The number of aromatic nitrogens is 7. The van der Waals surface area contributed by atoms with Crippen LogP contribution in [0.3, 0.4) is 0 Å². The molecule has 1 amide bonds. The largest absolute Gasteiger partial charge is 0.480 e. The number of ether oxygens (including phenoxy) is 1. The third-order valence-corrected chi connectivity index (χ3v) is 5.20. The molecule has 0 spiro atoms. The smallest absolute Gasteiger partial charge is 0.434 e. The highest BCUT2D eigenvalue weighted by atomic mass is 19.4. The number of methoxy groups -OCH3 is 1. The highest BCUT2D eigenvalue weighted by Crippen LogP contribution is 2.38. The fraction of sp³-hybridized carbons (Fsp3) is 0.238. The van der Waals surface area contributed by atoms with Gasteiger partial charge >= 0.3 is 6.18 Å². The Morgan fingerprint density at radius 3 is 2.53 bits per heavy atom. The van der Waals surface area contributed by atoms with Crippen molar-refractivity contribution >= 4 is 11.6 Å². The molecule has 10 nitrogen and oxygen atoms in total. The topological polar surface area (TPSA) is 124 Å². The van der Waals surface area contributed by atoms with Gasteiger partial charge in [0.1, 0.15) is 5.82 Å². The number of aromatic amines is 1. The van der Waals surface area contributed by atoms with E-state index in [0.717, 1.165) is 24.9 Å². The van der Waals surface area contributed by atoms with E-state index in [4.69, 9.17) is 4.74 Å². The molecule has 1 saturated carbocycles. The summed E-state index contributed by atoms with van der Waals surface area (Å²) in [4.78, 5) is 17.2. The number of nitrogens with zero attached hydrogens (tertiary/aromatic N) is 6. The minimum Gasteiger partial charge on any atom is -0.480 e. The lowest BCUT2D eigenvalue weighted by Gasteiger charge is -2.12. The zero-order valence-corrected chi connectivity index (χ0v) is 17.7. The molecule has 1 aliphatic rings. The predicted octanol–water partition coefficient (Wildman–Crippen LogP) is 3.60. The van der Waals surface area contributed by atoms with Crippen molar-refractivity contribution in [3.63, 3.8) is 0 Å². The van der Waals surface area contributed by atoms with Crippen LogP contribution >= 0.6 is 0 Å². The molecule has 3 aromatic heterocycles. The van der Waals surface area contributed by atoms with Gasteiger partial charge in [-0.1, -0.05) is 0 Å². The van der Waals surface area contributed by atoms with E-state index in [1.807, 2.05) is 0 Å². The highest BCUT2D eigenvalue weighted by Gasteiger charge is 2.41. The Balaban J connectivity index is 1.38. The predicted molar refractivity (Wildman–Crippen MR) is 112 cm³/mol. The summed E-state index contributed by atoms with van der Waals surface area (Å²) in [6.07, 6.45) is -1.87. The number of anilines is 1.